The number of fused-ring (bicyclic) bond motifs is 2. The molecule has 2 fully saturated rings. The molecule has 2 saturated carbocycles. The van der Waals surface area contributed by atoms with Gasteiger partial charge in [0.1, 0.15) is 34.4 Å². The Morgan fingerprint density at radius 3 is 1.74 bits per heavy atom. The van der Waals surface area contributed by atoms with Crippen molar-refractivity contribution in [3.05, 3.63) is 47.8 Å². The molecule has 2 unspecified atom stereocenters. The first-order valence-electron chi connectivity index (χ1n) is 17.1. The summed E-state index contributed by atoms with van der Waals surface area (Å²) in [6.45, 7) is 0.578. The number of carbonyl (C=O) groups is 2. The monoisotopic (exact) mass is 644 g/mol. The molecular formula is C37H48N4O6. The van der Waals surface area contributed by atoms with Gasteiger partial charge in [-0.05, 0) is 56.6 Å². The third kappa shape index (κ3) is 7.80. The summed E-state index contributed by atoms with van der Waals surface area (Å²) in [6, 6.07) is 11.6. The van der Waals surface area contributed by atoms with Crippen LogP contribution in [-0.4, -0.2) is 61.8 Å². The van der Waals surface area contributed by atoms with Gasteiger partial charge in [-0.1, -0.05) is 38.5 Å². The predicted octanol–water partition coefficient (Wildman–Crippen LogP) is 7.28. The van der Waals surface area contributed by atoms with Crippen LogP contribution < -0.4 is 29.6 Å². The maximum atomic E-state index is 13.2. The Kier molecular flexibility index (Phi) is 10.4. The summed E-state index contributed by atoms with van der Waals surface area (Å²) in [4.78, 5) is 32.9. The summed E-state index contributed by atoms with van der Waals surface area (Å²) < 4.78 is 22.9. The molecule has 4 aromatic rings. The van der Waals surface area contributed by atoms with Gasteiger partial charge < -0.3 is 39.5 Å². The van der Waals surface area contributed by atoms with E-state index in [0.717, 1.165) is 66.8 Å². The topological polar surface area (TPSA) is 127 Å². The molecule has 10 nitrogen and oxygen atoms in total. The third-order valence-electron chi connectivity index (χ3n) is 9.86. The van der Waals surface area contributed by atoms with Crippen molar-refractivity contribution >= 4 is 33.6 Å². The van der Waals surface area contributed by atoms with E-state index in [1.54, 1.807) is 21.3 Å². The Morgan fingerprint density at radius 1 is 0.617 bits per heavy atom. The maximum Gasteiger partial charge on any atom is 0.267 e. The third-order valence-corrected chi connectivity index (χ3v) is 9.86. The molecule has 10 heteroatoms. The van der Waals surface area contributed by atoms with Gasteiger partial charge >= 0.3 is 0 Å². The lowest BCUT2D eigenvalue weighted by Crippen LogP contribution is -2.35. The maximum absolute atomic E-state index is 13.2. The lowest BCUT2D eigenvalue weighted by Gasteiger charge is -2.20. The zero-order valence-electron chi connectivity index (χ0n) is 27.8. The minimum atomic E-state index is -0.119. The second-order valence-corrected chi connectivity index (χ2v) is 13.1. The van der Waals surface area contributed by atoms with E-state index in [-0.39, 0.29) is 23.9 Å². The minimum absolute atomic E-state index is 0.0686. The molecule has 2 aliphatic carbocycles. The normalized spacial score (nSPS) is 19.4. The molecule has 0 bridgehead atoms. The number of aromatic amines is 2. The zero-order chi connectivity index (χ0) is 32.8. The summed E-state index contributed by atoms with van der Waals surface area (Å²) >= 11 is 0. The van der Waals surface area contributed by atoms with Gasteiger partial charge in [0.2, 0.25) is 0 Å². The molecule has 6 rings (SSSR count). The van der Waals surface area contributed by atoms with Crippen LogP contribution in [0, 0.1) is 5.92 Å². The molecular weight excluding hydrogens is 596 g/mol. The molecule has 0 spiro atoms. The highest BCUT2D eigenvalue weighted by atomic mass is 16.5. The van der Waals surface area contributed by atoms with Gasteiger partial charge in [-0.3, -0.25) is 9.59 Å². The van der Waals surface area contributed by atoms with Crippen LogP contribution in [0.5, 0.6) is 23.0 Å². The summed E-state index contributed by atoms with van der Waals surface area (Å²) in [5.74, 6) is 2.90. The van der Waals surface area contributed by atoms with Gasteiger partial charge in [0.15, 0.2) is 0 Å². The van der Waals surface area contributed by atoms with Crippen molar-refractivity contribution in [3.8, 4) is 23.0 Å². The van der Waals surface area contributed by atoms with Crippen LogP contribution in [0.2, 0.25) is 0 Å². The Balaban J connectivity index is 1.04. The van der Waals surface area contributed by atoms with Crippen molar-refractivity contribution < 1.29 is 28.5 Å². The van der Waals surface area contributed by atoms with E-state index in [1.165, 1.54) is 32.1 Å². The largest absolute Gasteiger partial charge is 0.497 e. The fraction of sp³-hybridized carbons (Fsp3) is 0.514. The van der Waals surface area contributed by atoms with E-state index in [2.05, 4.69) is 20.6 Å². The smallest absolute Gasteiger partial charge is 0.267 e. The van der Waals surface area contributed by atoms with Crippen molar-refractivity contribution in [1.82, 2.24) is 20.6 Å². The number of rotatable bonds is 10. The highest BCUT2D eigenvalue weighted by Crippen LogP contribution is 2.34. The highest BCUT2D eigenvalue weighted by Gasteiger charge is 2.23. The Labute approximate surface area is 276 Å². The van der Waals surface area contributed by atoms with Crippen LogP contribution in [-0.2, 0) is 0 Å². The standard InChI is InChI=1S/C37H48N4O6/c1-44-26-16-30-28(34(18-26)45-2)20-33(40-30)37(43)39-25-13-9-10-23(14-15-25)22-47-27-17-31-29(35(19-27)46-3)21-32(41-31)36(42)38-24-11-7-5-4-6-8-12-24/h16-21,23-25,40-41H,4-15,22H2,1-3H3,(H,38,42)(H,39,43). The number of carbonyl (C=O) groups excluding carboxylic acids is 2. The van der Waals surface area contributed by atoms with E-state index in [4.69, 9.17) is 18.9 Å². The van der Waals surface area contributed by atoms with Crippen molar-refractivity contribution in [3.63, 3.8) is 0 Å². The second-order valence-electron chi connectivity index (χ2n) is 13.1. The van der Waals surface area contributed by atoms with Crippen LogP contribution in [0.4, 0.5) is 0 Å². The first-order valence-corrected chi connectivity index (χ1v) is 17.1. The molecule has 2 aromatic heterocycles. The van der Waals surface area contributed by atoms with Crippen molar-refractivity contribution in [2.75, 3.05) is 27.9 Å². The Hall–Kier alpha value is -4.34. The van der Waals surface area contributed by atoms with E-state index >= 15 is 0 Å². The zero-order valence-corrected chi connectivity index (χ0v) is 27.8. The van der Waals surface area contributed by atoms with E-state index < -0.39 is 0 Å². The van der Waals surface area contributed by atoms with E-state index in [9.17, 15) is 9.59 Å². The average Bonchev–Trinajstić information content (AvgIpc) is 3.64. The van der Waals surface area contributed by atoms with Gasteiger partial charge in [-0.15, -0.1) is 0 Å². The molecule has 47 heavy (non-hydrogen) atoms. The molecule has 252 valence electrons. The lowest BCUT2D eigenvalue weighted by molar-refractivity contribution is 0.0919. The average molecular weight is 645 g/mol. The number of H-pyrrole nitrogens is 2. The first-order chi connectivity index (χ1) is 22.9. The van der Waals surface area contributed by atoms with Gasteiger partial charge in [0.05, 0.1) is 39.0 Å². The van der Waals surface area contributed by atoms with Crippen molar-refractivity contribution in [2.45, 2.75) is 89.1 Å². The Bertz CT molecular complexity index is 1690. The van der Waals surface area contributed by atoms with Crippen LogP contribution in [0.3, 0.4) is 0 Å². The predicted molar refractivity (Wildman–Crippen MR) is 183 cm³/mol. The fourth-order valence-corrected chi connectivity index (χ4v) is 7.17. The highest BCUT2D eigenvalue weighted by molar-refractivity contribution is 6.01. The number of hydrogen-bond donors (Lipinski definition) is 4. The fourth-order valence-electron chi connectivity index (χ4n) is 7.17. The first kappa shape index (κ1) is 32.6. The number of nitrogens with one attached hydrogen (secondary N) is 4. The molecule has 2 atom stereocenters. The number of benzene rings is 2. The quantitative estimate of drug-likeness (QED) is 0.135. The minimum Gasteiger partial charge on any atom is -0.497 e. The van der Waals surface area contributed by atoms with E-state index in [0.29, 0.717) is 46.9 Å². The van der Waals surface area contributed by atoms with Crippen LogP contribution in [0.1, 0.15) is 98.0 Å². The van der Waals surface area contributed by atoms with Crippen LogP contribution in [0.15, 0.2) is 36.4 Å². The van der Waals surface area contributed by atoms with Gasteiger partial charge in [-0.25, -0.2) is 0 Å². The van der Waals surface area contributed by atoms with Crippen molar-refractivity contribution in [2.24, 2.45) is 5.92 Å². The molecule has 2 aliphatic rings. The summed E-state index contributed by atoms with van der Waals surface area (Å²) in [5.41, 5.74) is 2.66. The molecule has 2 amide bonds. The van der Waals surface area contributed by atoms with Gasteiger partial charge in [0.25, 0.3) is 11.8 Å². The van der Waals surface area contributed by atoms with Crippen LogP contribution in [0.25, 0.3) is 21.8 Å². The van der Waals surface area contributed by atoms with E-state index in [1.807, 2.05) is 36.4 Å². The number of hydrogen-bond acceptors (Lipinski definition) is 6. The molecule has 2 aromatic carbocycles. The molecule has 4 N–H and O–H groups in total. The number of methoxy groups -OCH3 is 3. The van der Waals surface area contributed by atoms with Gasteiger partial charge in [-0.2, -0.15) is 0 Å². The lowest BCUT2D eigenvalue weighted by atomic mass is 9.96. The summed E-state index contributed by atoms with van der Waals surface area (Å²) in [7, 11) is 4.86. The number of amides is 2. The summed E-state index contributed by atoms with van der Waals surface area (Å²) in [5, 5.41) is 8.19. The second kappa shape index (κ2) is 15.0. The molecule has 0 saturated heterocycles. The van der Waals surface area contributed by atoms with Crippen molar-refractivity contribution in [1.29, 1.82) is 0 Å². The molecule has 2 heterocycles. The molecule has 0 aliphatic heterocycles. The SMILES string of the molecule is COc1cc(OC)c2cc(C(=O)NC3CCCC(COc4cc(OC)c5cc(C(=O)NC6CCCCCCC6)[nH]c5c4)CC3)[nH]c2c1. The molecule has 0 radical (unpaired) electrons. The number of aromatic nitrogens is 2. The summed E-state index contributed by atoms with van der Waals surface area (Å²) in [6.07, 6.45) is 13.0. The number of ether oxygens (including phenoxy) is 4. The van der Waals surface area contributed by atoms with Gasteiger partial charge in [0, 0.05) is 47.1 Å². The Morgan fingerprint density at radius 2 is 1.15 bits per heavy atom. The van der Waals surface area contributed by atoms with Crippen LogP contribution >= 0.6 is 0 Å².